The molecule has 4 rings (SSSR count). The molecule has 0 unspecified atom stereocenters. The topological polar surface area (TPSA) is 72.0 Å². The molecule has 0 saturated carbocycles. The lowest BCUT2D eigenvalue weighted by molar-refractivity contribution is -0.138. The first-order valence-electron chi connectivity index (χ1n) is 10.1. The average Bonchev–Trinajstić information content (AvgIpc) is 3.04. The van der Waals surface area contributed by atoms with Gasteiger partial charge in [-0.15, -0.1) is 0 Å². The second-order valence-electron chi connectivity index (χ2n) is 7.36. The maximum Gasteiger partial charge on any atom is 0.278 e. The van der Waals surface area contributed by atoms with Gasteiger partial charge in [-0.05, 0) is 49.1 Å². The van der Waals surface area contributed by atoms with E-state index in [1.807, 2.05) is 23.1 Å². The number of benzene rings is 1. The van der Waals surface area contributed by atoms with Gasteiger partial charge >= 0.3 is 0 Å². The highest BCUT2D eigenvalue weighted by molar-refractivity contribution is 6.35. The number of carbonyl (C=O) groups is 2. The third-order valence-corrected chi connectivity index (χ3v) is 5.53. The van der Waals surface area contributed by atoms with Crippen LogP contribution < -0.4 is 9.47 Å². The van der Waals surface area contributed by atoms with Crippen LogP contribution in [0.25, 0.3) is 5.57 Å². The number of nitrogens with zero attached hydrogens (tertiary/aromatic N) is 3. The maximum absolute atomic E-state index is 13.4. The molecule has 7 nitrogen and oxygen atoms in total. The smallest absolute Gasteiger partial charge is 0.278 e. The Kier molecular flexibility index (Phi) is 5.70. The summed E-state index contributed by atoms with van der Waals surface area (Å²) >= 11 is 0. The van der Waals surface area contributed by atoms with Gasteiger partial charge in [0.2, 0.25) is 0 Å². The van der Waals surface area contributed by atoms with Gasteiger partial charge in [0.05, 0.1) is 32.0 Å². The average molecular weight is 407 g/mol. The number of rotatable bonds is 6. The van der Waals surface area contributed by atoms with E-state index in [0.717, 1.165) is 32.4 Å². The number of pyridine rings is 1. The normalized spacial score (nSPS) is 17.0. The first-order chi connectivity index (χ1) is 14.6. The molecule has 1 aromatic heterocycles. The van der Waals surface area contributed by atoms with Gasteiger partial charge in [0.1, 0.15) is 5.70 Å². The standard InChI is InChI=1S/C23H25N3O4/c1-29-18-10-9-16(14-19(18)30-2)20-21(25-12-6-3-7-13-25)23(28)26(22(20)27)15-17-8-4-5-11-24-17/h4-5,8-11,14H,3,6-7,12-13,15H2,1-2H3. The Balaban J connectivity index is 1.77. The van der Waals surface area contributed by atoms with Crippen LogP contribution in [0.4, 0.5) is 0 Å². The third-order valence-electron chi connectivity index (χ3n) is 5.53. The van der Waals surface area contributed by atoms with Crippen molar-refractivity contribution in [2.45, 2.75) is 25.8 Å². The fraction of sp³-hybridized carbons (Fsp3) is 0.348. The molecule has 2 amide bonds. The quantitative estimate of drug-likeness (QED) is 0.686. The van der Waals surface area contributed by atoms with Crippen LogP contribution in [-0.2, 0) is 16.1 Å². The van der Waals surface area contributed by atoms with E-state index in [2.05, 4.69) is 4.98 Å². The molecule has 1 fully saturated rings. The predicted molar refractivity (Wildman–Crippen MR) is 112 cm³/mol. The van der Waals surface area contributed by atoms with Gasteiger partial charge < -0.3 is 14.4 Å². The van der Waals surface area contributed by atoms with Crippen molar-refractivity contribution in [3.05, 3.63) is 59.5 Å². The highest BCUT2D eigenvalue weighted by Crippen LogP contribution is 2.37. The van der Waals surface area contributed by atoms with Crippen LogP contribution in [0.5, 0.6) is 11.5 Å². The molecule has 0 spiro atoms. The van der Waals surface area contributed by atoms with Gasteiger partial charge in [-0.2, -0.15) is 0 Å². The summed E-state index contributed by atoms with van der Waals surface area (Å²) in [4.78, 5) is 34.5. The van der Waals surface area contributed by atoms with Crippen LogP contribution in [0, 0.1) is 0 Å². The Hall–Kier alpha value is -3.35. The van der Waals surface area contributed by atoms with Crippen molar-refractivity contribution in [2.24, 2.45) is 0 Å². The van der Waals surface area contributed by atoms with E-state index in [4.69, 9.17) is 9.47 Å². The molecule has 0 N–H and O–H groups in total. The number of hydrogen-bond donors (Lipinski definition) is 0. The molecule has 30 heavy (non-hydrogen) atoms. The molecule has 1 saturated heterocycles. The Bertz CT molecular complexity index is 981. The summed E-state index contributed by atoms with van der Waals surface area (Å²) in [7, 11) is 3.12. The van der Waals surface area contributed by atoms with Crippen LogP contribution in [0.1, 0.15) is 30.5 Å². The van der Waals surface area contributed by atoms with E-state index in [9.17, 15) is 9.59 Å². The fourth-order valence-electron chi connectivity index (χ4n) is 4.02. The monoisotopic (exact) mass is 407 g/mol. The van der Waals surface area contributed by atoms with Gasteiger partial charge in [0.25, 0.3) is 11.8 Å². The second kappa shape index (κ2) is 8.57. The molecule has 1 aromatic carbocycles. The van der Waals surface area contributed by atoms with E-state index in [1.54, 1.807) is 38.6 Å². The van der Waals surface area contributed by atoms with E-state index in [1.165, 1.54) is 4.90 Å². The summed E-state index contributed by atoms with van der Waals surface area (Å²) in [6.07, 6.45) is 4.80. The maximum atomic E-state index is 13.4. The van der Waals surface area contributed by atoms with Crippen molar-refractivity contribution in [3.63, 3.8) is 0 Å². The number of carbonyl (C=O) groups excluding carboxylic acids is 2. The van der Waals surface area contributed by atoms with Crippen LogP contribution in [0.15, 0.2) is 48.3 Å². The molecule has 0 aliphatic carbocycles. The number of piperidine rings is 1. The van der Waals surface area contributed by atoms with Crippen molar-refractivity contribution >= 4 is 17.4 Å². The minimum absolute atomic E-state index is 0.145. The number of likely N-dealkylation sites (tertiary alicyclic amines) is 1. The van der Waals surface area contributed by atoms with Gasteiger partial charge in [0.15, 0.2) is 11.5 Å². The first kappa shape index (κ1) is 19.9. The van der Waals surface area contributed by atoms with Crippen molar-refractivity contribution in [1.82, 2.24) is 14.8 Å². The molecular weight excluding hydrogens is 382 g/mol. The van der Waals surface area contributed by atoms with Crippen molar-refractivity contribution < 1.29 is 19.1 Å². The molecule has 2 aliphatic rings. The lowest BCUT2D eigenvalue weighted by Crippen LogP contribution is -2.37. The van der Waals surface area contributed by atoms with E-state index in [-0.39, 0.29) is 18.4 Å². The van der Waals surface area contributed by atoms with E-state index >= 15 is 0 Å². The van der Waals surface area contributed by atoms with E-state index in [0.29, 0.717) is 34.0 Å². The zero-order valence-electron chi connectivity index (χ0n) is 17.3. The van der Waals surface area contributed by atoms with Crippen molar-refractivity contribution in [3.8, 4) is 11.5 Å². The summed E-state index contributed by atoms with van der Waals surface area (Å²) in [6, 6.07) is 10.8. The number of methoxy groups -OCH3 is 2. The predicted octanol–water partition coefficient (Wildman–Crippen LogP) is 2.86. The van der Waals surface area contributed by atoms with Gasteiger partial charge in [-0.1, -0.05) is 12.1 Å². The molecule has 0 bridgehead atoms. The lowest BCUT2D eigenvalue weighted by atomic mass is 10.0. The summed E-state index contributed by atoms with van der Waals surface area (Å²) < 4.78 is 10.7. The van der Waals surface area contributed by atoms with Crippen LogP contribution >= 0.6 is 0 Å². The largest absolute Gasteiger partial charge is 0.493 e. The van der Waals surface area contributed by atoms with Crippen LogP contribution in [-0.4, -0.2) is 53.9 Å². The van der Waals surface area contributed by atoms with Crippen LogP contribution in [0.3, 0.4) is 0 Å². The molecule has 0 atom stereocenters. The lowest BCUT2D eigenvalue weighted by Gasteiger charge is -2.29. The van der Waals surface area contributed by atoms with E-state index < -0.39 is 0 Å². The number of amides is 2. The van der Waals surface area contributed by atoms with Crippen molar-refractivity contribution in [2.75, 3.05) is 27.3 Å². The second-order valence-corrected chi connectivity index (χ2v) is 7.36. The number of aromatic nitrogens is 1. The fourth-order valence-corrected chi connectivity index (χ4v) is 4.02. The number of imide groups is 1. The highest BCUT2D eigenvalue weighted by atomic mass is 16.5. The minimum atomic E-state index is -0.307. The highest BCUT2D eigenvalue weighted by Gasteiger charge is 2.42. The zero-order valence-corrected chi connectivity index (χ0v) is 17.3. The minimum Gasteiger partial charge on any atom is -0.493 e. The molecule has 2 aliphatic heterocycles. The molecule has 156 valence electrons. The number of hydrogen-bond acceptors (Lipinski definition) is 6. The summed E-state index contributed by atoms with van der Waals surface area (Å²) in [5.74, 6) is 0.517. The Morgan fingerprint density at radius 3 is 2.37 bits per heavy atom. The Labute approximate surface area is 175 Å². The van der Waals surface area contributed by atoms with Gasteiger partial charge in [-0.25, -0.2) is 0 Å². The molecular formula is C23H25N3O4. The first-order valence-corrected chi connectivity index (χ1v) is 10.1. The van der Waals surface area contributed by atoms with Gasteiger partial charge in [0, 0.05) is 19.3 Å². The number of ether oxygens (including phenoxy) is 2. The Morgan fingerprint density at radius 2 is 1.70 bits per heavy atom. The molecule has 2 aromatic rings. The molecule has 0 radical (unpaired) electrons. The third kappa shape index (κ3) is 3.63. The van der Waals surface area contributed by atoms with Crippen LogP contribution in [0.2, 0.25) is 0 Å². The summed E-state index contributed by atoms with van der Waals surface area (Å²) in [6.45, 7) is 1.68. The molecule has 3 heterocycles. The van der Waals surface area contributed by atoms with Gasteiger partial charge in [-0.3, -0.25) is 19.5 Å². The summed E-state index contributed by atoms with van der Waals surface area (Å²) in [5, 5.41) is 0. The zero-order chi connectivity index (χ0) is 21.1. The molecule has 7 heteroatoms. The SMILES string of the molecule is COc1ccc(C2=C(N3CCCCC3)C(=O)N(Cc3ccccn3)C2=O)cc1OC. The Morgan fingerprint density at radius 1 is 0.933 bits per heavy atom. The van der Waals surface area contributed by atoms with Crippen molar-refractivity contribution in [1.29, 1.82) is 0 Å². The summed E-state index contributed by atoms with van der Waals surface area (Å²) in [5.41, 5.74) is 2.21.